The molecule has 4 nitrogen and oxygen atoms in total. The summed E-state index contributed by atoms with van der Waals surface area (Å²) >= 11 is 12.4. The number of aryl methyl sites for hydroxylation is 1. The number of nitrogens with zero attached hydrogens (tertiary/aromatic N) is 1. The minimum atomic E-state index is -0.675. The molecular formula is C29H32Cl2N2O2. The summed E-state index contributed by atoms with van der Waals surface area (Å²) in [6.07, 6.45) is 1.15. The highest BCUT2D eigenvalue weighted by molar-refractivity contribution is 6.31. The van der Waals surface area contributed by atoms with Crippen molar-refractivity contribution in [1.82, 2.24) is 10.2 Å². The molecule has 1 N–H and O–H groups in total. The van der Waals surface area contributed by atoms with E-state index in [4.69, 9.17) is 23.2 Å². The second-order valence-electron chi connectivity index (χ2n) is 9.68. The minimum absolute atomic E-state index is 0.107. The number of hydrogen-bond acceptors (Lipinski definition) is 2. The van der Waals surface area contributed by atoms with E-state index >= 15 is 0 Å². The summed E-state index contributed by atoms with van der Waals surface area (Å²) in [6, 6.07) is 24.0. The van der Waals surface area contributed by atoms with Crippen LogP contribution in [0.15, 0.2) is 78.9 Å². The van der Waals surface area contributed by atoms with Gasteiger partial charge in [-0.05, 0) is 62.1 Å². The molecule has 0 saturated heterocycles. The number of hydrogen-bond donors (Lipinski definition) is 1. The topological polar surface area (TPSA) is 49.4 Å². The summed E-state index contributed by atoms with van der Waals surface area (Å²) in [7, 11) is 0. The lowest BCUT2D eigenvalue weighted by atomic mass is 10.00. The van der Waals surface area contributed by atoms with Gasteiger partial charge in [0, 0.05) is 35.0 Å². The fourth-order valence-corrected chi connectivity index (χ4v) is 4.24. The van der Waals surface area contributed by atoms with E-state index < -0.39 is 11.6 Å². The zero-order chi connectivity index (χ0) is 25.4. The average Bonchev–Trinajstić information content (AvgIpc) is 2.81. The van der Waals surface area contributed by atoms with Crippen molar-refractivity contribution in [2.24, 2.45) is 0 Å². The van der Waals surface area contributed by atoms with Crippen LogP contribution in [0.4, 0.5) is 0 Å². The van der Waals surface area contributed by atoms with Crippen LogP contribution in [0.3, 0.4) is 0 Å². The fourth-order valence-electron chi connectivity index (χ4n) is 3.88. The first-order valence-electron chi connectivity index (χ1n) is 11.8. The quantitative estimate of drug-likeness (QED) is 0.358. The van der Waals surface area contributed by atoms with Gasteiger partial charge in [0.15, 0.2) is 0 Å². The summed E-state index contributed by atoms with van der Waals surface area (Å²) in [4.78, 5) is 28.9. The molecule has 0 aliphatic rings. The van der Waals surface area contributed by atoms with E-state index in [1.165, 1.54) is 0 Å². The third-order valence-corrected chi connectivity index (χ3v) is 6.22. The van der Waals surface area contributed by atoms with E-state index in [0.717, 1.165) is 16.7 Å². The Kier molecular flexibility index (Phi) is 9.36. The van der Waals surface area contributed by atoms with Crippen molar-refractivity contribution in [3.63, 3.8) is 0 Å². The molecule has 3 aromatic rings. The van der Waals surface area contributed by atoms with Crippen LogP contribution in [-0.2, 0) is 29.0 Å². The van der Waals surface area contributed by atoms with E-state index in [9.17, 15) is 9.59 Å². The maximum absolute atomic E-state index is 13.7. The Hall–Kier alpha value is -2.82. The van der Waals surface area contributed by atoms with Gasteiger partial charge in [-0.3, -0.25) is 9.59 Å². The average molecular weight is 511 g/mol. The first-order valence-corrected chi connectivity index (χ1v) is 12.5. The molecule has 6 heteroatoms. The number of halogens is 2. The number of nitrogens with one attached hydrogen (secondary N) is 1. The maximum Gasteiger partial charge on any atom is 0.243 e. The highest BCUT2D eigenvalue weighted by Gasteiger charge is 2.32. The molecule has 0 bridgehead atoms. The highest BCUT2D eigenvalue weighted by Crippen LogP contribution is 2.21. The standard InChI is InChI=1S/C29H32Cl2N2O2/c1-29(2,3)32-28(35)26(19-21-9-5-4-6-10-21)33(20-22-13-16-24(30)17-14-22)27(34)18-15-23-11-7-8-12-25(23)31/h4-14,16-17,26H,15,18-20H2,1-3H3,(H,32,35)/t26-/m0/s1. The SMILES string of the molecule is CC(C)(C)NC(=O)[C@H](Cc1ccccc1)N(Cc1ccc(Cl)cc1)C(=O)CCc1ccccc1Cl. The van der Waals surface area contributed by atoms with E-state index in [1.807, 2.05) is 87.5 Å². The molecule has 0 aliphatic heterocycles. The molecule has 0 spiro atoms. The van der Waals surface area contributed by atoms with Gasteiger partial charge in [0.1, 0.15) is 6.04 Å². The lowest BCUT2D eigenvalue weighted by Gasteiger charge is -2.34. The van der Waals surface area contributed by atoms with Gasteiger partial charge >= 0.3 is 0 Å². The molecule has 0 radical (unpaired) electrons. The van der Waals surface area contributed by atoms with Crippen molar-refractivity contribution in [1.29, 1.82) is 0 Å². The largest absolute Gasteiger partial charge is 0.350 e. The molecule has 0 aromatic heterocycles. The fraction of sp³-hybridized carbons (Fsp3) is 0.310. The van der Waals surface area contributed by atoms with Gasteiger partial charge in [0.2, 0.25) is 11.8 Å². The summed E-state index contributed by atoms with van der Waals surface area (Å²) < 4.78 is 0. The third-order valence-electron chi connectivity index (χ3n) is 5.60. The molecule has 0 saturated carbocycles. The van der Waals surface area contributed by atoms with Crippen LogP contribution in [0.2, 0.25) is 10.0 Å². The van der Waals surface area contributed by atoms with Crippen LogP contribution >= 0.6 is 23.2 Å². The van der Waals surface area contributed by atoms with Crippen molar-refractivity contribution in [2.45, 2.75) is 58.2 Å². The van der Waals surface area contributed by atoms with Crippen molar-refractivity contribution >= 4 is 35.0 Å². The van der Waals surface area contributed by atoms with Gasteiger partial charge in [0.25, 0.3) is 0 Å². The molecule has 1 atom stereocenters. The van der Waals surface area contributed by atoms with Crippen molar-refractivity contribution < 1.29 is 9.59 Å². The van der Waals surface area contributed by atoms with Crippen LogP contribution in [0.5, 0.6) is 0 Å². The predicted molar refractivity (Wildman–Crippen MR) is 144 cm³/mol. The van der Waals surface area contributed by atoms with Gasteiger partial charge in [-0.2, -0.15) is 0 Å². The first-order chi connectivity index (χ1) is 16.6. The second kappa shape index (κ2) is 12.2. The van der Waals surface area contributed by atoms with Gasteiger partial charge in [-0.1, -0.05) is 83.9 Å². The van der Waals surface area contributed by atoms with Crippen molar-refractivity contribution in [3.05, 3.63) is 106 Å². The van der Waals surface area contributed by atoms with Crippen molar-refractivity contribution in [3.8, 4) is 0 Å². The summed E-state index contributed by atoms with van der Waals surface area (Å²) in [5.41, 5.74) is 2.37. The van der Waals surface area contributed by atoms with E-state index in [2.05, 4.69) is 5.32 Å². The molecule has 0 unspecified atom stereocenters. The zero-order valence-electron chi connectivity index (χ0n) is 20.4. The number of carbonyl (C=O) groups is 2. The number of rotatable bonds is 9. The van der Waals surface area contributed by atoms with Gasteiger partial charge in [0.05, 0.1) is 0 Å². The van der Waals surface area contributed by atoms with Crippen LogP contribution < -0.4 is 5.32 Å². The summed E-state index contributed by atoms with van der Waals surface area (Å²) in [5, 5.41) is 4.33. The number of benzene rings is 3. The second-order valence-corrected chi connectivity index (χ2v) is 10.5. The zero-order valence-corrected chi connectivity index (χ0v) is 21.9. The van der Waals surface area contributed by atoms with Crippen LogP contribution in [0.1, 0.15) is 43.9 Å². The Labute approximate surface area is 218 Å². The molecule has 184 valence electrons. The van der Waals surface area contributed by atoms with Gasteiger partial charge in [-0.25, -0.2) is 0 Å². The molecule has 0 aliphatic carbocycles. The highest BCUT2D eigenvalue weighted by atomic mass is 35.5. The van der Waals surface area contributed by atoms with Crippen LogP contribution in [0.25, 0.3) is 0 Å². The molecule has 3 aromatic carbocycles. The number of amides is 2. The summed E-state index contributed by atoms with van der Waals surface area (Å²) in [5.74, 6) is -0.286. The molecule has 2 amide bonds. The Morgan fingerprint density at radius 1 is 0.857 bits per heavy atom. The molecule has 3 rings (SSSR count). The Morgan fingerprint density at radius 3 is 2.11 bits per heavy atom. The Balaban J connectivity index is 1.93. The van der Waals surface area contributed by atoms with Crippen LogP contribution in [0, 0.1) is 0 Å². The molecule has 35 heavy (non-hydrogen) atoms. The maximum atomic E-state index is 13.7. The monoisotopic (exact) mass is 510 g/mol. The van der Waals surface area contributed by atoms with E-state index in [0.29, 0.717) is 29.4 Å². The third kappa shape index (κ3) is 8.41. The predicted octanol–water partition coefficient (Wildman–Crippen LogP) is 6.48. The van der Waals surface area contributed by atoms with Gasteiger partial charge < -0.3 is 10.2 Å². The molecular weight excluding hydrogens is 479 g/mol. The molecule has 0 heterocycles. The van der Waals surface area contributed by atoms with Crippen molar-refractivity contribution in [2.75, 3.05) is 0 Å². The first kappa shape index (κ1) is 26.8. The lowest BCUT2D eigenvalue weighted by molar-refractivity contribution is -0.141. The van der Waals surface area contributed by atoms with E-state index in [1.54, 1.807) is 17.0 Å². The normalized spacial score (nSPS) is 12.1. The minimum Gasteiger partial charge on any atom is -0.350 e. The van der Waals surface area contributed by atoms with Crippen LogP contribution in [-0.4, -0.2) is 28.3 Å². The Morgan fingerprint density at radius 2 is 1.49 bits per heavy atom. The lowest BCUT2D eigenvalue weighted by Crippen LogP contribution is -2.54. The van der Waals surface area contributed by atoms with Gasteiger partial charge in [-0.15, -0.1) is 0 Å². The number of carbonyl (C=O) groups excluding carboxylic acids is 2. The summed E-state index contributed by atoms with van der Waals surface area (Å²) in [6.45, 7) is 6.11. The van der Waals surface area contributed by atoms with E-state index in [-0.39, 0.29) is 18.2 Å². The molecule has 0 fully saturated rings. The Bertz CT molecular complexity index is 1130. The smallest absolute Gasteiger partial charge is 0.243 e.